The Bertz CT molecular complexity index is 318. The molecule has 1 atom stereocenters. The van der Waals surface area contributed by atoms with Gasteiger partial charge in [-0.25, -0.2) is 4.98 Å². The van der Waals surface area contributed by atoms with E-state index in [1.807, 2.05) is 12.4 Å². The van der Waals surface area contributed by atoms with Gasteiger partial charge in [0.15, 0.2) is 0 Å². The van der Waals surface area contributed by atoms with Gasteiger partial charge in [0.2, 0.25) is 0 Å². The van der Waals surface area contributed by atoms with Gasteiger partial charge in [-0.1, -0.05) is 90.9 Å². The Morgan fingerprint density at radius 1 is 0.773 bits per heavy atom. The molecule has 0 bridgehead atoms. The largest absolute Gasteiger partial charge is 0.348 e. The van der Waals surface area contributed by atoms with Crippen LogP contribution in [0.5, 0.6) is 0 Å². The van der Waals surface area contributed by atoms with Crippen LogP contribution in [0.3, 0.4) is 0 Å². The molecule has 1 rings (SSSR count). The van der Waals surface area contributed by atoms with Gasteiger partial charge in [-0.05, 0) is 12.8 Å². The van der Waals surface area contributed by atoms with Crippen LogP contribution in [-0.2, 0) is 0 Å². The molecule has 1 aromatic rings. The van der Waals surface area contributed by atoms with Crippen LogP contribution >= 0.6 is 0 Å². The molecule has 0 amide bonds. The van der Waals surface area contributed by atoms with Crippen LogP contribution < -0.4 is 0 Å². The van der Waals surface area contributed by atoms with E-state index in [0.717, 1.165) is 0 Å². The fourth-order valence-electron chi connectivity index (χ4n) is 3.26. The molecule has 1 unspecified atom stereocenters. The highest BCUT2D eigenvalue weighted by Crippen LogP contribution is 2.26. The Morgan fingerprint density at radius 2 is 1.27 bits per heavy atom. The molecular weight excluding hydrogens is 268 g/mol. The molecule has 0 aliphatic carbocycles. The number of imidazole rings is 1. The third kappa shape index (κ3) is 9.27. The zero-order valence-electron chi connectivity index (χ0n) is 15.1. The van der Waals surface area contributed by atoms with E-state index in [1.165, 1.54) is 95.7 Å². The highest BCUT2D eigenvalue weighted by Gasteiger charge is 2.13. The first-order chi connectivity index (χ1) is 10.9. The van der Waals surface area contributed by atoms with Crippen LogP contribution in [0.4, 0.5) is 0 Å². The van der Waals surface area contributed by atoms with E-state index in [1.54, 1.807) is 0 Å². The van der Waals surface area contributed by atoms with Gasteiger partial charge in [-0.15, -0.1) is 0 Å². The first-order valence-electron chi connectivity index (χ1n) is 9.87. The van der Waals surface area contributed by atoms with Crippen LogP contribution in [0.2, 0.25) is 0 Å². The molecule has 1 N–H and O–H groups in total. The van der Waals surface area contributed by atoms with Gasteiger partial charge in [0.05, 0.1) is 0 Å². The van der Waals surface area contributed by atoms with Crippen molar-refractivity contribution >= 4 is 0 Å². The van der Waals surface area contributed by atoms with E-state index >= 15 is 0 Å². The molecule has 0 spiro atoms. The zero-order chi connectivity index (χ0) is 15.9. The first-order valence-corrected chi connectivity index (χ1v) is 9.87. The normalized spacial score (nSPS) is 12.6. The minimum atomic E-state index is 0.658. The second-order valence-electron chi connectivity index (χ2n) is 6.78. The van der Waals surface area contributed by atoms with E-state index < -0.39 is 0 Å². The lowest BCUT2D eigenvalue weighted by molar-refractivity contribution is 0.479. The SMILES string of the molecule is CCCCCCCCCCCC(CCCCC)c1ncc[nH]1. The maximum atomic E-state index is 4.50. The van der Waals surface area contributed by atoms with Gasteiger partial charge < -0.3 is 4.98 Å². The van der Waals surface area contributed by atoms with Crippen LogP contribution in [0.25, 0.3) is 0 Å². The number of unbranched alkanes of at least 4 members (excludes halogenated alkanes) is 10. The molecule has 2 heteroatoms. The van der Waals surface area contributed by atoms with Gasteiger partial charge in [-0.3, -0.25) is 0 Å². The summed E-state index contributed by atoms with van der Waals surface area (Å²) in [5.41, 5.74) is 0. The van der Waals surface area contributed by atoms with Crippen molar-refractivity contribution in [1.82, 2.24) is 9.97 Å². The van der Waals surface area contributed by atoms with Crippen molar-refractivity contribution < 1.29 is 0 Å². The molecule has 22 heavy (non-hydrogen) atoms. The number of hydrogen-bond donors (Lipinski definition) is 1. The third-order valence-corrected chi connectivity index (χ3v) is 4.72. The Morgan fingerprint density at radius 3 is 1.82 bits per heavy atom. The molecule has 0 saturated carbocycles. The number of nitrogens with one attached hydrogen (secondary N) is 1. The lowest BCUT2D eigenvalue weighted by Crippen LogP contribution is -2.02. The highest BCUT2D eigenvalue weighted by atomic mass is 14.9. The summed E-state index contributed by atoms with van der Waals surface area (Å²) in [5.74, 6) is 1.88. The average Bonchev–Trinajstić information content (AvgIpc) is 3.06. The van der Waals surface area contributed by atoms with E-state index in [9.17, 15) is 0 Å². The molecule has 0 saturated heterocycles. The topological polar surface area (TPSA) is 28.7 Å². The molecule has 0 radical (unpaired) electrons. The predicted octanol–water partition coefficient (Wildman–Crippen LogP) is 6.99. The second kappa shape index (κ2) is 13.8. The summed E-state index contributed by atoms with van der Waals surface area (Å²) < 4.78 is 0. The van der Waals surface area contributed by atoms with Crippen molar-refractivity contribution in [3.05, 3.63) is 18.2 Å². The summed E-state index contributed by atoms with van der Waals surface area (Å²) in [6.45, 7) is 4.57. The third-order valence-electron chi connectivity index (χ3n) is 4.72. The highest BCUT2D eigenvalue weighted by molar-refractivity contribution is 4.96. The molecule has 1 heterocycles. The molecule has 2 nitrogen and oxygen atoms in total. The molecule has 0 aliphatic heterocycles. The van der Waals surface area contributed by atoms with Gasteiger partial charge >= 0.3 is 0 Å². The standard InChI is InChI=1S/C20H38N2/c1-3-5-7-8-9-10-11-12-14-16-19(15-13-6-4-2)20-21-17-18-22-20/h17-19H,3-16H2,1-2H3,(H,21,22). The molecule has 0 fully saturated rings. The van der Waals surface area contributed by atoms with Crippen molar-refractivity contribution in [3.63, 3.8) is 0 Å². The summed E-state index contributed by atoms with van der Waals surface area (Å²) in [4.78, 5) is 7.83. The lowest BCUT2D eigenvalue weighted by atomic mass is 9.94. The van der Waals surface area contributed by atoms with Crippen molar-refractivity contribution in [2.75, 3.05) is 0 Å². The van der Waals surface area contributed by atoms with E-state index in [0.29, 0.717) is 5.92 Å². The number of rotatable bonds is 15. The Hall–Kier alpha value is -0.790. The molecule has 1 aromatic heterocycles. The smallest absolute Gasteiger partial charge is 0.109 e. The molecular formula is C20H38N2. The van der Waals surface area contributed by atoms with E-state index in [2.05, 4.69) is 23.8 Å². The maximum absolute atomic E-state index is 4.50. The predicted molar refractivity (Wildman–Crippen MR) is 97.3 cm³/mol. The second-order valence-corrected chi connectivity index (χ2v) is 6.78. The zero-order valence-corrected chi connectivity index (χ0v) is 15.1. The number of hydrogen-bond acceptors (Lipinski definition) is 1. The molecule has 0 aliphatic rings. The fraction of sp³-hybridized carbons (Fsp3) is 0.850. The van der Waals surface area contributed by atoms with Gasteiger partial charge in [0.25, 0.3) is 0 Å². The number of nitrogens with zero attached hydrogens (tertiary/aromatic N) is 1. The summed E-state index contributed by atoms with van der Waals surface area (Å²) in [6, 6.07) is 0. The maximum Gasteiger partial charge on any atom is 0.109 e. The summed E-state index contributed by atoms with van der Waals surface area (Å²) in [7, 11) is 0. The van der Waals surface area contributed by atoms with Crippen LogP contribution in [-0.4, -0.2) is 9.97 Å². The van der Waals surface area contributed by atoms with Gasteiger partial charge in [0.1, 0.15) is 5.82 Å². The van der Waals surface area contributed by atoms with Crippen LogP contribution in [0.1, 0.15) is 115 Å². The number of aromatic amines is 1. The van der Waals surface area contributed by atoms with E-state index in [-0.39, 0.29) is 0 Å². The van der Waals surface area contributed by atoms with Gasteiger partial charge in [0, 0.05) is 18.3 Å². The van der Waals surface area contributed by atoms with Crippen molar-refractivity contribution in [3.8, 4) is 0 Å². The Balaban J connectivity index is 2.08. The van der Waals surface area contributed by atoms with Gasteiger partial charge in [-0.2, -0.15) is 0 Å². The van der Waals surface area contributed by atoms with Crippen molar-refractivity contribution in [2.45, 2.75) is 110 Å². The Kier molecular flexibility index (Phi) is 12.1. The Labute approximate surface area is 138 Å². The lowest BCUT2D eigenvalue weighted by Gasteiger charge is -2.14. The number of H-pyrrole nitrogens is 1. The van der Waals surface area contributed by atoms with E-state index in [4.69, 9.17) is 0 Å². The minimum absolute atomic E-state index is 0.658. The van der Waals surface area contributed by atoms with Crippen LogP contribution in [0.15, 0.2) is 12.4 Å². The van der Waals surface area contributed by atoms with Crippen molar-refractivity contribution in [2.24, 2.45) is 0 Å². The summed E-state index contributed by atoms with van der Waals surface area (Å²) >= 11 is 0. The minimum Gasteiger partial charge on any atom is -0.348 e. The summed E-state index contributed by atoms with van der Waals surface area (Å²) in [5, 5.41) is 0. The molecule has 0 aromatic carbocycles. The fourth-order valence-corrected chi connectivity index (χ4v) is 3.26. The summed E-state index contributed by atoms with van der Waals surface area (Å²) in [6.07, 6.45) is 23.2. The molecule has 128 valence electrons. The quantitative estimate of drug-likeness (QED) is 0.347. The first kappa shape index (κ1) is 19.3. The van der Waals surface area contributed by atoms with Crippen LogP contribution in [0, 0.1) is 0 Å². The van der Waals surface area contributed by atoms with Crippen molar-refractivity contribution in [1.29, 1.82) is 0 Å². The average molecular weight is 307 g/mol. The number of aromatic nitrogens is 2. The monoisotopic (exact) mass is 306 g/mol.